The van der Waals surface area contributed by atoms with Gasteiger partial charge in [0.15, 0.2) is 0 Å². The number of nitriles is 1. The molecule has 124 valence electrons. The van der Waals surface area contributed by atoms with Gasteiger partial charge in [-0.15, -0.1) is 0 Å². The number of para-hydroxylation sites is 1. The van der Waals surface area contributed by atoms with Crippen LogP contribution in [0.5, 0.6) is 0 Å². The molecule has 2 aliphatic heterocycles. The SMILES string of the molecule is N#Cc1cc(N2CCCC2C2COCCC2O)nc2ccccc12. The lowest BCUT2D eigenvalue weighted by Gasteiger charge is -2.37. The van der Waals surface area contributed by atoms with Gasteiger partial charge in [0.05, 0.1) is 29.9 Å². The molecule has 2 aromatic rings. The van der Waals surface area contributed by atoms with Crippen LogP contribution in [-0.2, 0) is 4.74 Å². The van der Waals surface area contributed by atoms with Gasteiger partial charge in [-0.25, -0.2) is 4.98 Å². The van der Waals surface area contributed by atoms with E-state index in [0.717, 1.165) is 36.1 Å². The number of anilines is 1. The van der Waals surface area contributed by atoms with Crippen LogP contribution in [0.4, 0.5) is 5.82 Å². The first-order valence-electron chi connectivity index (χ1n) is 8.60. The van der Waals surface area contributed by atoms with E-state index in [0.29, 0.717) is 25.2 Å². The first-order valence-corrected chi connectivity index (χ1v) is 8.60. The van der Waals surface area contributed by atoms with E-state index in [1.54, 1.807) is 0 Å². The summed E-state index contributed by atoms with van der Waals surface area (Å²) < 4.78 is 5.60. The van der Waals surface area contributed by atoms with Crippen LogP contribution >= 0.6 is 0 Å². The van der Waals surface area contributed by atoms with Crippen molar-refractivity contribution < 1.29 is 9.84 Å². The number of pyridine rings is 1. The molecule has 3 atom stereocenters. The molecule has 2 saturated heterocycles. The Hall–Kier alpha value is -2.16. The topological polar surface area (TPSA) is 69.4 Å². The molecule has 0 spiro atoms. The lowest BCUT2D eigenvalue weighted by molar-refractivity contribution is -0.0438. The summed E-state index contributed by atoms with van der Waals surface area (Å²) >= 11 is 0. The fourth-order valence-electron chi connectivity index (χ4n) is 4.04. The van der Waals surface area contributed by atoms with E-state index < -0.39 is 0 Å². The van der Waals surface area contributed by atoms with E-state index >= 15 is 0 Å². The minimum absolute atomic E-state index is 0.111. The molecule has 24 heavy (non-hydrogen) atoms. The highest BCUT2D eigenvalue weighted by atomic mass is 16.5. The summed E-state index contributed by atoms with van der Waals surface area (Å²) in [6.07, 6.45) is 2.48. The lowest BCUT2D eigenvalue weighted by atomic mass is 9.89. The van der Waals surface area contributed by atoms with Gasteiger partial charge in [-0.3, -0.25) is 0 Å². The molecule has 4 rings (SSSR count). The summed E-state index contributed by atoms with van der Waals surface area (Å²) in [5.41, 5.74) is 1.50. The molecule has 0 bridgehead atoms. The van der Waals surface area contributed by atoms with Gasteiger partial charge in [0, 0.05) is 30.5 Å². The van der Waals surface area contributed by atoms with Gasteiger partial charge in [-0.1, -0.05) is 18.2 Å². The number of aliphatic hydroxyl groups is 1. The van der Waals surface area contributed by atoms with Crippen molar-refractivity contribution >= 4 is 16.7 Å². The molecular weight excluding hydrogens is 302 g/mol. The predicted octanol–water partition coefficient (Wildman–Crippen LogP) is 2.47. The van der Waals surface area contributed by atoms with E-state index in [1.807, 2.05) is 30.3 Å². The second kappa shape index (κ2) is 6.39. The molecule has 3 heterocycles. The van der Waals surface area contributed by atoms with Gasteiger partial charge < -0.3 is 14.7 Å². The number of aliphatic hydroxyl groups excluding tert-OH is 1. The van der Waals surface area contributed by atoms with Gasteiger partial charge in [0.25, 0.3) is 0 Å². The van der Waals surface area contributed by atoms with Gasteiger partial charge >= 0.3 is 0 Å². The van der Waals surface area contributed by atoms with Gasteiger partial charge in [0.2, 0.25) is 0 Å². The molecule has 2 fully saturated rings. The maximum absolute atomic E-state index is 10.4. The van der Waals surface area contributed by atoms with Crippen molar-refractivity contribution in [3.05, 3.63) is 35.9 Å². The zero-order valence-corrected chi connectivity index (χ0v) is 13.6. The molecule has 1 aromatic carbocycles. The molecule has 0 saturated carbocycles. The maximum Gasteiger partial charge on any atom is 0.130 e. The Morgan fingerprint density at radius 3 is 3.00 bits per heavy atom. The Morgan fingerprint density at radius 1 is 1.29 bits per heavy atom. The molecule has 0 radical (unpaired) electrons. The fraction of sp³-hybridized carbons (Fsp3) is 0.474. The second-order valence-corrected chi connectivity index (χ2v) is 6.65. The van der Waals surface area contributed by atoms with Gasteiger partial charge in [0.1, 0.15) is 5.82 Å². The average molecular weight is 323 g/mol. The summed E-state index contributed by atoms with van der Waals surface area (Å²) in [6, 6.07) is 12.2. The summed E-state index contributed by atoms with van der Waals surface area (Å²) in [4.78, 5) is 7.05. The maximum atomic E-state index is 10.4. The fourth-order valence-corrected chi connectivity index (χ4v) is 4.04. The number of aromatic nitrogens is 1. The quantitative estimate of drug-likeness (QED) is 0.919. The second-order valence-electron chi connectivity index (χ2n) is 6.65. The minimum Gasteiger partial charge on any atom is -0.393 e. The Morgan fingerprint density at radius 2 is 2.17 bits per heavy atom. The van der Waals surface area contributed by atoms with Crippen molar-refractivity contribution in [2.24, 2.45) is 5.92 Å². The van der Waals surface area contributed by atoms with E-state index in [2.05, 4.69) is 11.0 Å². The zero-order chi connectivity index (χ0) is 16.5. The Labute approximate surface area is 141 Å². The van der Waals surface area contributed by atoms with Crippen LogP contribution in [-0.4, -0.2) is 42.0 Å². The van der Waals surface area contributed by atoms with Gasteiger partial charge in [-0.05, 0) is 31.4 Å². The van der Waals surface area contributed by atoms with Crippen LogP contribution in [0.15, 0.2) is 30.3 Å². The Kier molecular flexibility index (Phi) is 4.09. The largest absolute Gasteiger partial charge is 0.393 e. The van der Waals surface area contributed by atoms with Crippen LogP contribution in [0.2, 0.25) is 0 Å². The molecule has 0 aliphatic carbocycles. The lowest BCUT2D eigenvalue weighted by Crippen LogP contribution is -2.46. The van der Waals surface area contributed by atoms with Crippen LogP contribution in [0.1, 0.15) is 24.8 Å². The third-order valence-electron chi connectivity index (χ3n) is 5.27. The predicted molar refractivity (Wildman–Crippen MR) is 91.8 cm³/mol. The van der Waals surface area contributed by atoms with Crippen LogP contribution < -0.4 is 4.90 Å². The first kappa shape index (κ1) is 15.4. The van der Waals surface area contributed by atoms with Crippen molar-refractivity contribution in [3.8, 4) is 6.07 Å². The summed E-state index contributed by atoms with van der Waals surface area (Å²) in [5.74, 6) is 0.950. The van der Waals surface area contributed by atoms with Crippen molar-refractivity contribution in [2.75, 3.05) is 24.7 Å². The van der Waals surface area contributed by atoms with Crippen LogP contribution in [0, 0.1) is 17.2 Å². The van der Waals surface area contributed by atoms with Gasteiger partial charge in [-0.2, -0.15) is 5.26 Å². The molecule has 5 nitrogen and oxygen atoms in total. The van der Waals surface area contributed by atoms with Crippen LogP contribution in [0.25, 0.3) is 10.9 Å². The number of rotatable bonds is 2. The van der Waals surface area contributed by atoms with Crippen molar-refractivity contribution in [1.29, 1.82) is 5.26 Å². The highest BCUT2D eigenvalue weighted by Gasteiger charge is 2.38. The third-order valence-corrected chi connectivity index (χ3v) is 5.27. The van der Waals surface area contributed by atoms with Crippen molar-refractivity contribution in [1.82, 2.24) is 4.98 Å². The van der Waals surface area contributed by atoms with Crippen molar-refractivity contribution in [2.45, 2.75) is 31.4 Å². The number of benzene rings is 1. The number of fused-ring (bicyclic) bond motifs is 1. The first-order chi connectivity index (χ1) is 11.8. The number of ether oxygens (including phenoxy) is 1. The minimum atomic E-state index is -0.319. The third kappa shape index (κ3) is 2.62. The Balaban J connectivity index is 1.72. The summed E-state index contributed by atoms with van der Waals surface area (Å²) in [7, 11) is 0. The van der Waals surface area contributed by atoms with E-state index in [-0.39, 0.29) is 18.1 Å². The molecule has 5 heteroatoms. The van der Waals surface area contributed by atoms with Crippen LogP contribution in [0.3, 0.4) is 0 Å². The van der Waals surface area contributed by atoms with E-state index in [4.69, 9.17) is 9.72 Å². The highest BCUT2D eigenvalue weighted by molar-refractivity contribution is 5.86. The summed E-state index contributed by atoms with van der Waals surface area (Å²) in [6.45, 7) is 2.14. The monoisotopic (exact) mass is 323 g/mol. The highest BCUT2D eigenvalue weighted by Crippen LogP contribution is 2.34. The molecule has 1 aromatic heterocycles. The number of hydrogen-bond acceptors (Lipinski definition) is 5. The normalized spacial score (nSPS) is 27.3. The molecule has 1 N–H and O–H groups in total. The smallest absolute Gasteiger partial charge is 0.130 e. The number of nitrogens with zero attached hydrogens (tertiary/aromatic N) is 3. The molecular formula is C19H21N3O2. The zero-order valence-electron chi connectivity index (χ0n) is 13.6. The van der Waals surface area contributed by atoms with Crippen molar-refractivity contribution in [3.63, 3.8) is 0 Å². The molecule has 2 aliphatic rings. The van der Waals surface area contributed by atoms with E-state index in [9.17, 15) is 10.4 Å². The Bertz CT molecular complexity index is 786. The molecule has 3 unspecified atom stereocenters. The average Bonchev–Trinajstić information content (AvgIpc) is 3.10. The summed E-state index contributed by atoms with van der Waals surface area (Å²) in [5, 5.41) is 20.8. The standard InChI is InChI=1S/C19H21N3O2/c20-11-13-10-19(21-16-5-2-1-4-14(13)16)22-8-3-6-17(22)15-12-24-9-7-18(15)23/h1-2,4-5,10,15,17-18,23H,3,6-9,12H2. The molecule has 0 amide bonds. The van der Waals surface area contributed by atoms with E-state index in [1.165, 1.54) is 0 Å². The number of hydrogen-bond donors (Lipinski definition) is 1.